The van der Waals surface area contributed by atoms with Gasteiger partial charge in [-0.05, 0) is 92.3 Å². The number of nitrogens with zero attached hydrogens (tertiary/aromatic N) is 2. The fourth-order valence-electron chi connectivity index (χ4n) is 7.58. The molecule has 4 atom stereocenters. The molecule has 7 heterocycles. The van der Waals surface area contributed by atoms with Crippen LogP contribution in [0.3, 0.4) is 0 Å². The molecule has 8 bridgehead atoms. The first-order chi connectivity index (χ1) is 22.9. The summed E-state index contributed by atoms with van der Waals surface area (Å²) >= 11 is 0. The molecule has 248 valence electrons. The first-order valence-corrected chi connectivity index (χ1v) is 16.6. The zero-order valence-electron chi connectivity index (χ0n) is 28.2. The second-order valence-electron chi connectivity index (χ2n) is 13.4. The minimum absolute atomic E-state index is 0.0381. The molecule has 0 amide bonds. The van der Waals surface area contributed by atoms with Crippen LogP contribution in [0.2, 0.25) is 0 Å². The SMILES string of the molecule is C=Cc1c(C)c2cc3nc(c4c5nc(cc6[nH]c(cc1[nH]2)c(C)c6CC)C(C)=C5C1OC1OC(=O)C4)CC(CC(=O)OC(C)=O)C[C@@H]3C. The molecule has 3 aromatic heterocycles. The van der Waals surface area contributed by atoms with Crippen LogP contribution < -0.4 is 0 Å². The minimum Gasteiger partial charge on any atom is -0.432 e. The molecule has 48 heavy (non-hydrogen) atoms. The van der Waals surface area contributed by atoms with Crippen LogP contribution in [0.25, 0.3) is 39.3 Å². The molecule has 0 aliphatic carbocycles. The normalized spacial score (nSPS) is 21.8. The second kappa shape index (κ2) is 12.0. The number of aromatic amines is 2. The van der Waals surface area contributed by atoms with Crippen molar-refractivity contribution < 1.29 is 28.6 Å². The van der Waals surface area contributed by atoms with Gasteiger partial charge in [0.2, 0.25) is 6.29 Å². The number of ether oxygens (including phenoxy) is 3. The van der Waals surface area contributed by atoms with Gasteiger partial charge in [-0.3, -0.25) is 19.4 Å². The Morgan fingerprint density at radius 2 is 1.81 bits per heavy atom. The molecule has 4 aliphatic heterocycles. The summed E-state index contributed by atoms with van der Waals surface area (Å²) < 4.78 is 16.5. The summed E-state index contributed by atoms with van der Waals surface area (Å²) in [6.45, 7) is 15.8. The van der Waals surface area contributed by atoms with Gasteiger partial charge in [-0.15, -0.1) is 0 Å². The van der Waals surface area contributed by atoms with Gasteiger partial charge in [0, 0.05) is 63.5 Å². The molecule has 1 fully saturated rings. The quantitative estimate of drug-likeness (QED) is 0.181. The van der Waals surface area contributed by atoms with Crippen LogP contribution in [0.5, 0.6) is 0 Å². The average molecular weight is 649 g/mol. The van der Waals surface area contributed by atoms with Crippen LogP contribution in [0.15, 0.2) is 24.8 Å². The highest BCUT2D eigenvalue weighted by atomic mass is 16.8. The standard InChI is InChI=1S/C38H40N4O6/c1-8-23-18(4)27-14-26-17(3)10-22(12-33(44)46-21(7)43)11-30(39-26)25-13-34(45)47-38-37(48-38)35-20(6)29(42-36(25)35)16-32-24(9-2)19(5)28(41-32)15-31(23)40-27/h8,14-17,22,37-38,40-41H,1,9-13H2,2-7H3/t17-,22?,37?,38?/m0/s1. The predicted molar refractivity (Wildman–Crippen MR) is 183 cm³/mol. The van der Waals surface area contributed by atoms with Crippen molar-refractivity contribution in [2.75, 3.05) is 0 Å². The maximum Gasteiger partial charge on any atom is 0.313 e. The lowest BCUT2D eigenvalue weighted by molar-refractivity contribution is -0.158. The molecule has 3 unspecified atom stereocenters. The summed E-state index contributed by atoms with van der Waals surface area (Å²) in [4.78, 5) is 55.4. The number of carbonyl (C=O) groups is 3. The van der Waals surface area contributed by atoms with E-state index >= 15 is 0 Å². The van der Waals surface area contributed by atoms with Crippen LogP contribution in [-0.2, 0) is 47.9 Å². The Kier molecular flexibility index (Phi) is 7.94. The molecule has 0 radical (unpaired) electrons. The van der Waals surface area contributed by atoms with E-state index in [0.29, 0.717) is 29.8 Å². The van der Waals surface area contributed by atoms with Gasteiger partial charge in [0.1, 0.15) is 0 Å². The Hall–Kier alpha value is -4.83. The van der Waals surface area contributed by atoms with Crippen molar-refractivity contribution in [3.05, 3.63) is 75.4 Å². The summed E-state index contributed by atoms with van der Waals surface area (Å²) in [5.41, 5.74) is 13.6. The van der Waals surface area contributed by atoms with Crippen molar-refractivity contribution in [2.45, 2.75) is 92.0 Å². The van der Waals surface area contributed by atoms with E-state index in [1.54, 1.807) is 0 Å². The van der Waals surface area contributed by atoms with E-state index in [1.807, 2.05) is 13.0 Å². The molecule has 4 aliphatic rings. The third kappa shape index (κ3) is 5.57. The largest absolute Gasteiger partial charge is 0.432 e. The molecule has 2 N–H and O–H groups in total. The van der Waals surface area contributed by atoms with Gasteiger partial charge in [-0.25, -0.2) is 4.98 Å². The van der Waals surface area contributed by atoms with Crippen LogP contribution in [0.4, 0.5) is 0 Å². The van der Waals surface area contributed by atoms with Gasteiger partial charge in [0.25, 0.3) is 0 Å². The number of rotatable bonds is 4. The second-order valence-corrected chi connectivity index (χ2v) is 13.4. The topological polar surface area (TPSA) is 140 Å². The van der Waals surface area contributed by atoms with Crippen molar-refractivity contribution >= 4 is 57.2 Å². The number of nitrogens with one attached hydrogen (secondary N) is 2. The number of epoxide rings is 1. The highest BCUT2D eigenvalue weighted by Crippen LogP contribution is 2.46. The molecular weight excluding hydrogens is 608 g/mol. The summed E-state index contributed by atoms with van der Waals surface area (Å²) in [6, 6.07) is 6.27. The Balaban J connectivity index is 1.60. The van der Waals surface area contributed by atoms with E-state index < -0.39 is 30.3 Å². The fraction of sp³-hybridized carbons (Fsp3) is 0.395. The van der Waals surface area contributed by atoms with E-state index in [1.165, 1.54) is 12.5 Å². The van der Waals surface area contributed by atoms with Gasteiger partial charge >= 0.3 is 17.9 Å². The van der Waals surface area contributed by atoms with E-state index in [0.717, 1.165) is 67.7 Å². The summed E-state index contributed by atoms with van der Waals surface area (Å²) in [5, 5.41) is 0. The van der Waals surface area contributed by atoms with Gasteiger partial charge in [-0.2, -0.15) is 0 Å². The number of esters is 3. The lowest BCUT2D eigenvalue weighted by Crippen LogP contribution is -2.20. The number of fused-ring (bicyclic) bond motifs is 10. The Morgan fingerprint density at radius 3 is 2.54 bits per heavy atom. The van der Waals surface area contributed by atoms with E-state index in [9.17, 15) is 14.4 Å². The lowest BCUT2D eigenvalue weighted by Gasteiger charge is -2.17. The Morgan fingerprint density at radius 1 is 1.06 bits per heavy atom. The minimum atomic E-state index is -0.646. The number of carbonyl (C=O) groups excluding carboxylic acids is 3. The lowest BCUT2D eigenvalue weighted by atomic mass is 9.87. The van der Waals surface area contributed by atoms with Gasteiger partial charge < -0.3 is 24.2 Å². The first kappa shape index (κ1) is 31.8. The number of H-pyrrole nitrogens is 2. The van der Waals surface area contributed by atoms with Crippen LogP contribution >= 0.6 is 0 Å². The van der Waals surface area contributed by atoms with Crippen molar-refractivity contribution in [2.24, 2.45) is 5.92 Å². The van der Waals surface area contributed by atoms with Crippen molar-refractivity contribution in [1.29, 1.82) is 0 Å². The summed E-state index contributed by atoms with van der Waals surface area (Å²) in [6.07, 6.45) is 2.62. The summed E-state index contributed by atoms with van der Waals surface area (Å²) in [5.74, 6) is -1.90. The van der Waals surface area contributed by atoms with Crippen LogP contribution in [0, 0.1) is 19.8 Å². The van der Waals surface area contributed by atoms with Crippen molar-refractivity contribution in [3.63, 3.8) is 0 Å². The zero-order chi connectivity index (χ0) is 34.0. The highest BCUT2D eigenvalue weighted by molar-refractivity contribution is 5.97. The third-order valence-electron chi connectivity index (χ3n) is 10.1. The maximum absolute atomic E-state index is 13.3. The van der Waals surface area contributed by atoms with Crippen molar-refractivity contribution in [3.8, 4) is 0 Å². The van der Waals surface area contributed by atoms with Gasteiger partial charge in [0.15, 0.2) is 6.10 Å². The molecular formula is C38H40N4O6. The zero-order valence-corrected chi connectivity index (χ0v) is 28.2. The van der Waals surface area contributed by atoms with E-state index in [4.69, 9.17) is 24.2 Å². The number of aromatic nitrogens is 4. The number of aryl methyl sites for hydroxylation is 3. The maximum atomic E-state index is 13.3. The number of hydrogen-bond donors (Lipinski definition) is 2. The third-order valence-corrected chi connectivity index (χ3v) is 10.1. The molecule has 7 rings (SSSR count). The molecule has 0 spiro atoms. The molecule has 3 aromatic rings. The first-order valence-electron chi connectivity index (χ1n) is 16.6. The molecule has 1 saturated heterocycles. The fourth-order valence-corrected chi connectivity index (χ4v) is 7.58. The van der Waals surface area contributed by atoms with E-state index in [2.05, 4.69) is 62.4 Å². The monoisotopic (exact) mass is 648 g/mol. The van der Waals surface area contributed by atoms with Gasteiger partial charge in [-0.1, -0.05) is 26.5 Å². The van der Waals surface area contributed by atoms with Crippen LogP contribution in [-0.4, -0.2) is 50.2 Å². The number of hydrogen-bond acceptors (Lipinski definition) is 8. The highest BCUT2D eigenvalue weighted by Gasteiger charge is 2.50. The molecule has 0 saturated carbocycles. The molecule has 0 aromatic carbocycles. The Bertz CT molecular complexity index is 2120. The smallest absolute Gasteiger partial charge is 0.313 e. The molecule has 10 nitrogen and oxygen atoms in total. The molecule has 10 heteroatoms. The van der Waals surface area contributed by atoms with Crippen molar-refractivity contribution in [1.82, 2.24) is 19.9 Å². The Labute approximate surface area is 278 Å². The summed E-state index contributed by atoms with van der Waals surface area (Å²) in [7, 11) is 0. The van der Waals surface area contributed by atoms with E-state index in [-0.39, 0.29) is 24.7 Å². The average Bonchev–Trinajstić information content (AvgIpc) is 3.50. The van der Waals surface area contributed by atoms with Gasteiger partial charge in [0.05, 0.1) is 17.8 Å². The number of allylic oxidation sites excluding steroid dienone is 1. The predicted octanol–water partition coefficient (Wildman–Crippen LogP) is 6.72. The van der Waals surface area contributed by atoms with Crippen LogP contribution in [0.1, 0.15) is 97.0 Å².